The number of nitrogens with one attached hydrogen (secondary N) is 1. The first-order valence-corrected chi connectivity index (χ1v) is 8.54. The number of hydrogen-bond donors (Lipinski definition) is 2. The zero-order chi connectivity index (χ0) is 17.4. The predicted molar refractivity (Wildman–Crippen MR) is 99.7 cm³/mol. The molecule has 4 rings (SSSR count). The summed E-state index contributed by atoms with van der Waals surface area (Å²) >= 11 is 1.35. The maximum absolute atomic E-state index is 12.3. The van der Waals surface area contributed by atoms with Crippen molar-refractivity contribution >= 4 is 33.1 Å². The second kappa shape index (κ2) is 6.07. The van der Waals surface area contributed by atoms with Crippen molar-refractivity contribution in [3.63, 3.8) is 0 Å². The SMILES string of the molecule is Cc1ccc(Nc2nc(-c3c(O)c4ccccc4oc3=O)cs2)cc1. The Hall–Kier alpha value is -3.12. The van der Waals surface area contributed by atoms with Crippen LogP contribution in [0.5, 0.6) is 5.75 Å². The third-order valence-corrected chi connectivity index (χ3v) is 4.61. The molecular formula is C19H14N2O3S. The van der Waals surface area contributed by atoms with Crippen LogP contribution in [0, 0.1) is 6.92 Å². The van der Waals surface area contributed by atoms with Crippen molar-refractivity contribution in [2.75, 3.05) is 5.32 Å². The second-order valence-corrected chi connectivity index (χ2v) is 6.50. The fourth-order valence-electron chi connectivity index (χ4n) is 2.57. The van der Waals surface area contributed by atoms with Gasteiger partial charge in [-0.2, -0.15) is 0 Å². The van der Waals surface area contributed by atoms with E-state index in [2.05, 4.69) is 10.3 Å². The first-order valence-electron chi connectivity index (χ1n) is 7.66. The first-order chi connectivity index (χ1) is 12.1. The summed E-state index contributed by atoms with van der Waals surface area (Å²) in [7, 11) is 0. The van der Waals surface area contributed by atoms with Crippen LogP contribution in [0.4, 0.5) is 10.8 Å². The number of anilines is 2. The number of para-hydroxylation sites is 1. The van der Waals surface area contributed by atoms with Crippen molar-refractivity contribution in [2.45, 2.75) is 6.92 Å². The van der Waals surface area contributed by atoms with Gasteiger partial charge in [0.25, 0.3) is 0 Å². The zero-order valence-corrected chi connectivity index (χ0v) is 14.1. The molecule has 0 aliphatic heterocycles. The summed E-state index contributed by atoms with van der Waals surface area (Å²) in [5, 5.41) is 16.5. The number of aromatic nitrogens is 1. The summed E-state index contributed by atoms with van der Waals surface area (Å²) in [5.74, 6) is -0.112. The van der Waals surface area contributed by atoms with E-state index in [1.807, 2.05) is 31.2 Å². The van der Waals surface area contributed by atoms with Gasteiger partial charge in [0, 0.05) is 11.1 Å². The van der Waals surface area contributed by atoms with Crippen LogP contribution >= 0.6 is 11.3 Å². The van der Waals surface area contributed by atoms with Crippen molar-refractivity contribution < 1.29 is 9.52 Å². The van der Waals surface area contributed by atoms with Gasteiger partial charge in [-0.15, -0.1) is 11.3 Å². The lowest BCUT2D eigenvalue weighted by Crippen LogP contribution is -2.04. The van der Waals surface area contributed by atoms with Crippen LogP contribution < -0.4 is 10.9 Å². The molecule has 0 aliphatic rings. The number of thiazole rings is 1. The Balaban J connectivity index is 1.74. The standard InChI is InChI=1S/C19H14N2O3S/c1-11-6-8-12(9-7-11)20-19-21-14(10-25-19)16-17(22)13-4-2-3-5-15(13)24-18(16)23/h2-10,22H,1H3,(H,20,21). The summed E-state index contributed by atoms with van der Waals surface area (Å²) < 4.78 is 5.30. The Bertz CT molecular complexity index is 1110. The van der Waals surface area contributed by atoms with Gasteiger partial charge < -0.3 is 14.8 Å². The van der Waals surface area contributed by atoms with E-state index in [1.54, 1.807) is 29.6 Å². The Morgan fingerprint density at radius 1 is 1.12 bits per heavy atom. The third-order valence-electron chi connectivity index (χ3n) is 3.85. The molecular weight excluding hydrogens is 336 g/mol. The van der Waals surface area contributed by atoms with Crippen LogP contribution in [0.2, 0.25) is 0 Å². The van der Waals surface area contributed by atoms with Crippen LogP contribution in [-0.2, 0) is 0 Å². The molecule has 0 bridgehead atoms. The van der Waals surface area contributed by atoms with Crippen molar-refractivity contribution in [1.82, 2.24) is 4.98 Å². The molecule has 0 aliphatic carbocycles. The molecule has 0 amide bonds. The molecule has 2 aromatic heterocycles. The Kier molecular flexibility index (Phi) is 3.74. The smallest absolute Gasteiger partial charge is 0.349 e. The molecule has 4 aromatic rings. The third kappa shape index (κ3) is 2.88. The number of hydrogen-bond acceptors (Lipinski definition) is 6. The van der Waals surface area contributed by atoms with Crippen LogP contribution in [0.15, 0.2) is 63.1 Å². The topological polar surface area (TPSA) is 75.4 Å². The Labute approximate surface area is 147 Å². The zero-order valence-electron chi connectivity index (χ0n) is 13.3. The molecule has 2 aromatic carbocycles. The summed E-state index contributed by atoms with van der Waals surface area (Å²) in [5.41, 5.74) is 2.28. The van der Waals surface area contributed by atoms with Crippen molar-refractivity contribution in [3.8, 4) is 17.0 Å². The molecule has 0 radical (unpaired) electrons. The second-order valence-electron chi connectivity index (χ2n) is 5.64. The molecule has 2 N–H and O–H groups in total. The summed E-state index contributed by atoms with van der Waals surface area (Å²) in [6, 6.07) is 14.8. The van der Waals surface area contributed by atoms with E-state index in [0.29, 0.717) is 21.8 Å². The van der Waals surface area contributed by atoms with Gasteiger partial charge in [0.1, 0.15) is 16.9 Å². The van der Waals surface area contributed by atoms with Crippen molar-refractivity contribution in [3.05, 3.63) is 69.9 Å². The van der Waals surface area contributed by atoms with E-state index >= 15 is 0 Å². The van der Waals surface area contributed by atoms with Gasteiger partial charge in [0.05, 0.1) is 11.1 Å². The number of rotatable bonds is 3. The first kappa shape index (κ1) is 15.4. The molecule has 25 heavy (non-hydrogen) atoms. The Morgan fingerprint density at radius 3 is 2.68 bits per heavy atom. The van der Waals surface area contributed by atoms with Crippen molar-refractivity contribution in [2.24, 2.45) is 0 Å². The molecule has 0 saturated carbocycles. The fourth-order valence-corrected chi connectivity index (χ4v) is 3.29. The number of benzene rings is 2. The number of fused-ring (bicyclic) bond motifs is 1. The minimum atomic E-state index is -0.608. The minimum Gasteiger partial charge on any atom is -0.506 e. The van der Waals surface area contributed by atoms with Gasteiger partial charge >= 0.3 is 5.63 Å². The molecule has 0 atom stereocenters. The van der Waals surface area contributed by atoms with Gasteiger partial charge in [-0.25, -0.2) is 9.78 Å². The largest absolute Gasteiger partial charge is 0.506 e. The van der Waals surface area contributed by atoms with Gasteiger partial charge in [0.2, 0.25) is 0 Å². The average Bonchev–Trinajstić information content (AvgIpc) is 3.05. The fraction of sp³-hybridized carbons (Fsp3) is 0.0526. The van der Waals surface area contributed by atoms with Gasteiger partial charge in [0.15, 0.2) is 5.13 Å². The summed E-state index contributed by atoms with van der Waals surface area (Å²) in [6.45, 7) is 2.02. The molecule has 5 nitrogen and oxygen atoms in total. The van der Waals surface area contributed by atoms with Crippen LogP contribution in [0.1, 0.15) is 5.56 Å². The molecule has 0 spiro atoms. The van der Waals surface area contributed by atoms with E-state index in [4.69, 9.17) is 4.42 Å². The molecule has 0 saturated heterocycles. The summed E-state index contributed by atoms with van der Waals surface area (Å²) in [6.07, 6.45) is 0. The highest BCUT2D eigenvalue weighted by Crippen LogP contribution is 2.34. The molecule has 2 heterocycles. The van der Waals surface area contributed by atoms with E-state index < -0.39 is 5.63 Å². The minimum absolute atomic E-state index is 0.0758. The quantitative estimate of drug-likeness (QED) is 0.525. The normalized spacial score (nSPS) is 10.9. The average molecular weight is 350 g/mol. The molecule has 0 fully saturated rings. The highest BCUT2D eigenvalue weighted by molar-refractivity contribution is 7.14. The van der Waals surface area contributed by atoms with Crippen LogP contribution in [-0.4, -0.2) is 10.1 Å². The lowest BCUT2D eigenvalue weighted by Gasteiger charge is -2.04. The lowest BCUT2D eigenvalue weighted by molar-refractivity contribution is 0.471. The highest BCUT2D eigenvalue weighted by atomic mass is 32.1. The van der Waals surface area contributed by atoms with E-state index in [0.717, 1.165) is 5.69 Å². The van der Waals surface area contributed by atoms with Crippen molar-refractivity contribution in [1.29, 1.82) is 0 Å². The number of aryl methyl sites for hydroxylation is 1. The van der Waals surface area contributed by atoms with E-state index in [9.17, 15) is 9.90 Å². The number of nitrogens with zero attached hydrogens (tertiary/aromatic N) is 1. The van der Waals surface area contributed by atoms with E-state index in [1.165, 1.54) is 16.9 Å². The molecule has 6 heteroatoms. The van der Waals surface area contributed by atoms with Gasteiger partial charge in [-0.1, -0.05) is 29.8 Å². The van der Waals surface area contributed by atoms with Gasteiger partial charge in [-0.05, 0) is 31.2 Å². The maximum Gasteiger partial charge on any atom is 0.349 e. The van der Waals surface area contributed by atoms with Crippen LogP contribution in [0.3, 0.4) is 0 Å². The Morgan fingerprint density at radius 2 is 1.88 bits per heavy atom. The molecule has 0 unspecified atom stereocenters. The van der Waals surface area contributed by atoms with Gasteiger partial charge in [-0.3, -0.25) is 0 Å². The predicted octanol–water partition coefficient (Wildman–Crippen LogP) is 4.67. The summed E-state index contributed by atoms with van der Waals surface area (Å²) in [4.78, 5) is 16.7. The maximum atomic E-state index is 12.3. The monoisotopic (exact) mass is 350 g/mol. The van der Waals surface area contributed by atoms with E-state index in [-0.39, 0.29) is 11.3 Å². The van der Waals surface area contributed by atoms with Crippen LogP contribution in [0.25, 0.3) is 22.2 Å². The number of aromatic hydroxyl groups is 1. The highest BCUT2D eigenvalue weighted by Gasteiger charge is 2.18. The lowest BCUT2D eigenvalue weighted by atomic mass is 10.1. The molecule has 124 valence electrons.